The van der Waals surface area contributed by atoms with E-state index in [1.165, 1.54) is 12.1 Å². The molecule has 0 fully saturated rings. The van der Waals surface area contributed by atoms with Gasteiger partial charge in [-0.2, -0.15) is 18.4 Å². The predicted octanol–water partition coefficient (Wildman–Crippen LogP) is 4.59. The lowest BCUT2D eigenvalue weighted by molar-refractivity contribution is -0.138. The first-order chi connectivity index (χ1) is 20.5. The van der Waals surface area contributed by atoms with E-state index < -0.39 is 11.7 Å². The van der Waals surface area contributed by atoms with Gasteiger partial charge in [0.2, 0.25) is 5.91 Å². The molecule has 1 heterocycles. The second kappa shape index (κ2) is 16.0. The molecule has 1 amide bonds. The maximum atomic E-state index is 13.8. The largest absolute Gasteiger partial charge is 0.416 e. The van der Waals surface area contributed by atoms with Crippen LogP contribution >= 0.6 is 12.2 Å². The number of amides is 1. The maximum absolute atomic E-state index is 13.8. The van der Waals surface area contributed by atoms with Crippen LogP contribution in [0.25, 0.3) is 0 Å². The fourth-order valence-corrected chi connectivity index (χ4v) is 4.81. The summed E-state index contributed by atoms with van der Waals surface area (Å²) in [6.07, 6.45) is 0.232. The molecule has 3 aromatic rings. The minimum absolute atomic E-state index is 0.0566. The Morgan fingerprint density at radius 3 is 2.53 bits per heavy atom. The summed E-state index contributed by atoms with van der Waals surface area (Å²) in [5.74, 6) is -0.228. The van der Waals surface area contributed by atoms with Crippen LogP contribution in [0.5, 0.6) is 0 Å². The highest BCUT2D eigenvalue weighted by Crippen LogP contribution is 2.32. The normalized spacial score (nSPS) is 12.0. The van der Waals surface area contributed by atoms with Crippen molar-refractivity contribution in [1.29, 1.82) is 5.26 Å². The standard InChI is InChI=1S/C31H38F3N7OS/c1-4-26(38-29(42)16-27-18-36-22-41(27)19-24-12-10-23(17-35)11-13-24)21-40(30(43)37-14-7-15-39(2)3)20-25-8-5-6-9-28(25)31(32,33)34/h5-6,8-13,18,22,26H,4,7,14-16,19-21H2,1-3H3,(H,37,43)(H,38,42)/t26-/m0/s1. The van der Waals surface area contributed by atoms with Crippen LogP contribution in [0, 0.1) is 11.3 Å². The Balaban J connectivity index is 1.70. The third-order valence-corrected chi connectivity index (χ3v) is 7.31. The lowest BCUT2D eigenvalue weighted by atomic mass is 10.1. The molecule has 1 atom stereocenters. The van der Waals surface area contributed by atoms with Crippen molar-refractivity contribution in [1.82, 2.24) is 30.0 Å². The highest BCUT2D eigenvalue weighted by Gasteiger charge is 2.33. The molecule has 0 bridgehead atoms. The van der Waals surface area contributed by atoms with Gasteiger partial charge in [0.1, 0.15) is 0 Å². The molecule has 43 heavy (non-hydrogen) atoms. The molecule has 2 aromatic carbocycles. The van der Waals surface area contributed by atoms with Crippen LogP contribution in [0.15, 0.2) is 61.1 Å². The van der Waals surface area contributed by atoms with E-state index in [9.17, 15) is 18.0 Å². The van der Waals surface area contributed by atoms with Crippen LogP contribution in [0.4, 0.5) is 13.2 Å². The van der Waals surface area contributed by atoms with Crippen molar-refractivity contribution in [2.75, 3.05) is 33.7 Å². The number of nitrogens with zero attached hydrogens (tertiary/aromatic N) is 5. The SMILES string of the molecule is CC[C@@H](CN(Cc1ccccc1C(F)(F)F)C(=S)NCCCN(C)C)NC(=O)Cc1cncn1Cc1ccc(C#N)cc1. The Morgan fingerprint density at radius 1 is 1.16 bits per heavy atom. The molecule has 0 saturated heterocycles. The minimum atomic E-state index is -4.50. The topological polar surface area (TPSA) is 89.2 Å². The molecule has 3 rings (SSSR count). The second-order valence-electron chi connectivity index (χ2n) is 10.6. The van der Waals surface area contributed by atoms with Crippen LogP contribution in [-0.2, 0) is 30.5 Å². The van der Waals surface area contributed by atoms with Crippen molar-refractivity contribution < 1.29 is 18.0 Å². The van der Waals surface area contributed by atoms with Crippen LogP contribution in [0.1, 0.15) is 47.7 Å². The van der Waals surface area contributed by atoms with Gasteiger partial charge in [-0.1, -0.05) is 37.3 Å². The summed E-state index contributed by atoms with van der Waals surface area (Å²) in [7, 11) is 3.93. The molecule has 0 saturated carbocycles. The van der Waals surface area contributed by atoms with Crippen LogP contribution in [-0.4, -0.2) is 70.1 Å². The molecule has 230 valence electrons. The summed E-state index contributed by atoms with van der Waals surface area (Å²) in [6.45, 7) is 3.99. The highest BCUT2D eigenvalue weighted by molar-refractivity contribution is 7.80. The molecule has 0 aliphatic rings. The molecule has 0 unspecified atom stereocenters. The molecule has 0 radical (unpaired) electrons. The Labute approximate surface area is 256 Å². The minimum Gasteiger partial charge on any atom is -0.363 e. The number of nitriles is 1. The first kappa shape index (κ1) is 33.6. The zero-order valence-corrected chi connectivity index (χ0v) is 25.5. The van der Waals surface area contributed by atoms with E-state index in [1.54, 1.807) is 35.6 Å². The number of carbonyl (C=O) groups excluding carboxylic acids is 1. The average molecular weight is 614 g/mol. The van der Waals surface area contributed by atoms with Gasteiger partial charge in [-0.15, -0.1) is 0 Å². The molecule has 2 N–H and O–H groups in total. The number of alkyl halides is 3. The zero-order chi connectivity index (χ0) is 31.4. The number of halogens is 3. The lowest BCUT2D eigenvalue weighted by Crippen LogP contribution is -2.49. The van der Waals surface area contributed by atoms with E-state index in [2.05, 4.69) is 21.7 Å². The third-order valence-electron chi connectivity index (χ3n) is 6.90. The molecule has 0 aliphatic carbocycles. The van der Waals surface area contributed by atoms with Gasteiger partial charge in [0.15, 0.2) is 5.11 Å². The number of hydrogen-bond donors (Lipinski definition) is 2. The molecular formula is C31H38F3N7OS. The number of hydrogen-bond acceptors (Lipinski definition) is 5. The van der Waals surface area contributed by atoms with Crippen molar-refractivity contribution >= 4 is 23.2 Å². The molecule has 0 spiro atoms. The van der Waals surface area contributed by atoms with Crippen molar-refractivity contribution in [3.63, 3.8) is 0 Å². The number of imidazole rings is 1. The summed E-state index contributed by atoms with van der Waals surface area (Å²) in [5, 5.41) is 15.6. The monoisotopic (exact) mass is 613 g/mol. The zero-order valence-electron chi connectivity index (χ0n) is 24.7. The van der Waals surface area contributed by atoms with Crippen molar-refractivity contribution in [2.45, 2.75) is 51.5 Å². The fourth-order valence-electron chi connectivity index (χ4n) is 4.57. The molecule has 8 nitrogen and oxygen atoms in total. The van der Waals surface area contributed by atoms with Gasteiger partial charge in [0, 0.05) is 44.1 Å². The van der Waals surface area contributed by atoms with Crippen LogP contribution < -0.4 is 10.6 Å². The van der Waals surface area contributed by atoms with Crippen LogP contribution in [0.2, 0.25) is 0 Å². The molecule has 12 heteroatoms. The number of rotatable bonds is 14. The first-order valence-electron chi connectivity index (χ1n) is 14.1. The molecule has 1 aromatic heterocycles. The van der Waals surface area contributed by atoms with E-state index in [4.69, 9.17) is 17.5 Å². The average Bonchev–Trinajstić information content (AvgIpc) is 3.40. The summed E-state index contributed by atoms with van der Waals surface area (Å²) in [4.78, 5) is 21.1. The number of carbonyl (C=O) groups is 1. The van der Waals surface area contributed by atoms with Gasteiger partial charge in [0.25, 0.3) is 0 Å². The van der Waals surface area contributed by atoms with Crippen molar-refractivity contribution in [3.8, 4) is 6.07 Å². The smallest absolute Gasteiger partial charge is 0.363 e. The Morgan fingerprint density at radius 2 is 1.88 bits per heavy atom. The van der Waals surface area contributed by atoms with E-state index >= 15 is 0 Å². The van der Waals surface area contributed by atoms with Crippen molar-refractivity contribution in [2.24, 2.45) is 0 Å². The van der Waals surface area contributed by atoms with E-state index in [0.29, 0.717) is 35.9 Å². The van der Waals surface area contributed by atoms with E-state index in [0.717, 1.165) is 24.6 Å². The molecule has 0 aliphatic heterocycles. The Hall–Kier alpha value is -3.95. The Bertz CT molecular complexity index is 1380. The summed E-state index contributed by atoms with van der Waals surface area (Å²) >= 11 is 5.64. The number of thiocarbonyl (C=S) groups is 1. The van der Waals surface area contributed by atoms with Crippen molar-refractivity contribution in [3.05, 3.63) is 89.0 Å². The maximum Gasteiger partial charge on any atom is 0.416 e. The lowest BCUT2D eigenvalue weighted by Gasteiger charge is -2.31. The number of aromatic nitrogens is 2. The summed E-state index contributed by atoms with van der Waals surface area (Å²) in [6, 6.07) is 14.4. The highest BCUT2D eigenvalue weighted by atomic mass is 32.1. The van der Waals surface area contributed by atoms with Gasteiger partial charge in [-0.3, -0.25) is 4.79 Å². The van der Waals surface area contributed by atoms with Gasteiger partial charge in [-0.25, -0.2) is 4.98 Å². The summed E-state index contributed by atoms with van der Waals surface area (Å²) < 4.78 is 43.2. The first-order valence-corrected chi connectivity index (χ1v) is 14.5. The third kappa shape index (κ3) is 10.7. The van der Waals surface area contributed by atoms with Gasteiger partial charge < -0.3 is 25.0 Å². The second-order valence-corrected chi connectivity index (χ2v) is 11.0. The van der Waals surface area contributed by atoms with Crippen LogP contribution in [0.3, 0.4) is 0 Å². The predicted molar refractivity (Wildman–Crippen MR) is 164 cm³/mol. The summed E-state index contributed by atoms with van der Waals surface area (Å²) in [5.41, 5.74) is 1.65. The molecular weight excluding hydrogens is 575 g/mol. The van der Waals surface area contributed by atoms with Gasteiger partial charge >= 0.3 is 6.18 Å². The van der Waals surface area contributed by atoms with E-state index in [-0.39, 0.29) is 37.0 Å². The number of benzene rings is 2. The van der Waals surface area contributed by atoms with Gasteiger partial charge in [-0.05, 0) is 75.0 Å². The quantitative estimate of drug-likeness (QED) is 0.203. The number of nitrogens with one attached hydrogen (secondary N) is 2. The fraction of sp³-hybridized carbons (Fsp3) is 0.419. The van der Waals surface area contributed by atoms with Gasteiger partial charge in [0.05, 0.1) is 29.9 Å². The Kier molecular flexibility index (Phi) is 12.5. The van der Waals surface area contributed by atoms with E-state index in [1.807, 2.05) is 42.6 Å².